The van der Waals surface area contributed by atoms with Gasteiger partial charge in [0, 0.05) is 17.5 Å². The molecule has 26 heavy (non-hydrogen) atoms. The van der Waals surface area contributed by atoms with Gasteiger partial charge >= 0.3 is 17.7 Å². The lowest BCUT2D eigenvalue weighted by atomic mass is 10.2. The first kappa shape index (κ1) is 19.8. The van der Waals surface area contributed by atoms with Gasteiger partial charge in [-0.3, -0.25) is 15.0 Å². The summed E-state index contributed by atoms with van der Waals surface area (Å²) >= 11 is 5.76. The zero-order chi connectivity index (χ0) is 19.6. The van der Waals surface area contributed by atoms with Gasteiger partial charge in [0.2, 0.25) is 0 Å². The van der Waals surface area contributed by atoms with Crippen LogP contribution in [0.2, 0.25) is 5.02 Å². The number of rotatable bonds is 4. The second kappa shape index (κ2) is 7.36. The molecule has 1 aromatic carbocycles. The van der Waals surface area contributed by atoms with E-state index in [1.54, 1.807) is 20.8 Å². The molecule has 0 unspecified atom stereocenters. The van der Waals surface area contributed by atoms with Crippen LogP contribution in [0, 0.1) is 10.1 Å². The van der Waals surface area contributed by atoms with E-state index in [0.717, 1.165) is 11.0 Å². The molecule has 2 rings (SSSR count). The van der Waals surface area contributed by atoms with Gasteiger partial charge < -0.3 is 14.6 Å². The summed E-state index contributed by atoms with van der Waals surface area (Å²) < 4.78 is 10.8. The first-order valence-corrected chi connectivity index (χ1v) is 8.19. The third-order valence-electron chi connectivity index (χ3n) is 3.59. The number of hydrogen-bond donors (Lipinski definition) is 1. The fourth-order valence-electron chi connectivity index (χ4n) is 2.55. The van der Waals surface area contributed by atoms with E-state index in [-0.39, 0.29) is 29.4 Å². The number of nitrogens with zero attached hydrogens (tertiary/aromatic N) is 2. The molecule has 0 aliphatic carbocycles. The molecule has 1 aromatic rings. The maximum Gasteiger partial charge on any atom is 0.411 e. The molecule has 9 nitrogen and oxygen atoms in total. The highest BCUT2D eigenvalue weighted by atomic mass is 35.5. The normalized spacial score (nSPS) is 19.9. The van der Waals surface area contributed by atoms with Crippen molar-refractivity contribution in [1.82, 2.24) is 4.90 Å². The second-order valence-electron chi connectivity index (χ2n) is 6.83. The minimum Gasteiger partial charge on any atom is -0.482 e. The molecule has 1 fully saturated rings. The number of carboxylic acid groups (broad SMARTS) is 1. The molecule has 1 saturated heterocycles. The van der Waals surface area contributed by atoms with Crippen LogP contribution in [0.15, 0.2) is 18.2 Å². The summed E-state index contributed by atoms with van der Waals surface area (Å²) in [7, 11) is 0. The SMILES string of the molecule is CC(C)(C)OC(=O)N1C[C@H](Oc2ccc(Cl)cc2[N+](=O)[O-])C[C@@H]1C(=O)O. The third-order valence-corrected chi connectivity index (χ3v) is 3.82. The number of ether oxygens (including phenoxy) is 2. The number of nitro benzene ring substituents is 1. The highest BCUT2D eigenvalue weighted by molar-refractivity contribution is 6.30. The Morgan fingerprint density at radius 1 is 1.38 bits per heavy atom. The second-order valence-corrected chi connectivity index (χ2v) is 7.27. The van der Waals surface area contributed by atoms with Crippen LogP contribution in [-0.2, 0) is 9.53 Å². The number of likely N-dealkylation sites (tertiary alicyclic amines) is 1. The number of nitro groups is 1. The van der Waals surface area contributed by atoms with E-state index in [1.165, 1.54) is 12.1 Å². The number of aliphatic carboxylic acids is 1. The molecule has 0 bridgehead atoms. The Morgan fingerprint density at radius 2 is 2.04 bits per heavy atom. The van der Waals surface area contributed by atoms with E-state index in [4.69, 9.17) is 21.1 Å². The first-order valence-electron chi connectivity index (χ1n) is 7.81. The van der Waals surface area contributed by atoms with Gasteiger partial charge in [0.05, 0.1) is 11.5 Å². The molecule has 1 amide bonds. The maximum atomic E-state index is 12.3. The van der Waals surface area contributed by atoms with Gasteiger partial charge in [-0.1, -0.05) is 11.6 Å². The van der Waals surface area contributed by atoms with Crippen molar-refractivity contribution in [3.05, 3.63) is 33.3 Å². The summed E-state index contributed by atoms with van der Waals surface area (Å²) in [6, 6.07) is 2.78. The lowest BCUT2D eigenvalue weighted by Gasteiger charge is -2.26. The molecule has 0 radical (unpaired) electrons. The number of carbonyl (C=O) groups excluding carboxylic acids is 1. The average Bonchev–Trinajstić information content (AvgIpc) is 2.91. The van der Waals surface area contributed by atoms with E-state index < -0.39 is 34.7 Å². The predicted octanol–water partition coefficient (Wildman–Crippen LogP) is 3.09. The maximum absolute atomic E-state index is 12.3. The summed E-state index contributed by atoms with van der Waals surface area (Å²) in [5, 5.41) is 20.7. The zero-order valence-electron chi connectivity index (χ0n) is 14.5. The van der Waals surface area contributed by atoms with Gasteiger partial charge in [-0.25, -0.2) is 9.59 Å². The van der Waals surface area contributed by atoms with E-state index in [2.05, 4.69) is 0 Å². The van der Waals surface area contributed by atoms with Gasteiger partial charge in [-0.2, -0.15) is 0 Å². The minimum absolute atomic E-state index is 0.0195. The number of amides is 1. The molecule has 1 aliphatic rings. The van der Waals surface area contributed by atoms with Crippen LogP contribution in [0.3, 0.4) is 0 Å². The summed E-state index contributed by atoms with van der Waals surface area (Å²) in [4.78, 5) is 35.3. The fraction of sp³-hybridized carbons (Fsp3) is 0.500. The first-order chi connectivity index (χ1) is 12.0. The highest BCUT2D eigenvalue weighted by Crippen LogP contribution is 2.33. The molecule has 0 saturated carbocycles. The van der Waals surface area contributed by atoms with Crippen LogP contribution in [0.5, 0.6) is 5.75 Å². The van der Waals surface area contributed by atoms with Gasteiger partial charge in [0.1, 0.15) is 17.7 Å². The van der Waals surface area contributed by atoms with E-state index >= 15 is 0 Å². The van der Waals surface area contributed by atoms with E-state index in [9.17, 15) is 24.8 Å². The van der Waals surface area contributed by atoms with Crippen LogP contribution >= 0.6 is 11.6 Å². The van der Waals surface area contributed by atoms with Crippen molar-refractivity contribution in [2.75, 3.05) is 6.54 Å². The summed E-state index contributed by atoms with van der Waals surface area (Å²) in [6.07, 6.45) is -1.53. The molecular formula is C16H19ClN2O7. The summed E-state index contributed by atoms with van der Waals surface area (Å²) in [6.45, 7) is 4.94. The van der Waals surface area contributed by atoms with Crippen molar-refractivity contribution in [3.63, 3.8) is 0 Å². The predicted molar refractivity (Wildman–Crippen MR) is 91.5 cm³/mol. The standard InChI is InChI=1S/C16H19ClN2O7/c1-16(2,3)26-15(22)18-8-10(7-12(18)14(20)21)25-13-5-4-9(17)6-11(13)19(23)24/h4-6,10,12H,7-8H2,1-3H3,(H,20,21)/t10-,12-/m1/s1. The van der Waals surface area contributed by atoms with Gasteiger partial charge in [0.15, 0.2) is 5.75 Å². The number of carbonyl (C=O) groups is 2. The van der Waals surface area contributed by atoms with Crippen molar-refractivity contribution in [3.8, 4) is 5.75 Å². The van der Waals surface area contributed by atoms with Crippen LogP contribution < -0.4 is 4.74 Å². The van der Waals surface area contributed by atoms with Crippen molar-refractivity contribution in [1.29, 1.82) is 0 Å². The molecule has 1 aliphatic heterocycles. The Hall–Kier alpha value is -2.55. The molecule has 1 heterocycles. The molecule has 1 N–H and O–H groups in total. The van der Waals surface area contributed by atoms with Crippen LogP contribution in [0.4, 0.5) is 10.5 Å². The molecule has 10 heteroatoms. The largest absolute Gasteiger partial charge is 0.482 e. The smallest absolute Gasteiger partial charge is 0.411 e. The Kier molecular flexibility index (Phi) is 5.60. The van der Waals surface area contributed by atoms with Crippen molar-refractivity contribution in [2.24, 2.45) is 0 Å². The molecule has 2 atom stereocenters. The van der Waals surface area contributed by atoms with Crippen molar-refractivity contribution >= 4 is 29.4 Å². The quantitative estimate of drug-likeness (QED) is 0.623. The Balaban J connectivity index is 2.19. The monoisotopic (exact) mass is 386 g/mol. The zero-order valence-corrected chi connectivity index (χ0v) is 15.2. The Labute approximate surface area is 154 Å². The minimum atomic E-state index is -1.20. The number of benzene rings is 1. The Morgan fingerprint density at radius 3 is 2.58 bits per heavy atom. The lowest BCUT2D eigenvalue weighted by molar-refractivity contribution is -0.386. The van der Waals surface area contributed by atoms with Crippen molar-refractivity contribution in [2.45, 2.75) is 44.9 Å². The summed E-state index contributed by atoms with van der Waals surface area (Å²) in [5.41, 5.74) is -1.12. The average molecular weight is 387 g/mol. The van der Waals surface area contributed by atoms with Gasteiger partial charge in [-0.15, -0.1) is 0 Å². The number of carboxylic acids is 1. The van der Waals surface area contributed by atoms with Crippen LogP contribution in [-0.4, -0.2) is 51.3 Å². The molecular weight excluding hydrogens is 368 g/mol. The topological polar surface area (TPSA) is 119 Å². The van der Waals surface area contributed by atoms with Gasteiger partial charge in [0.25, 0.3) is 0 Å². The Bertz CT molecular complexity index is 732. The van der Waals surface area contributed by atoms with Crippen LogP contribution in [0.1, 0.15) is 27.2 Å². The van der Waals surface area contributed by atoms with Crippen molar-refractivity contribution < 1.29 is 29.1 Å². The van der Waals surface area contributed by atoms with Crippen LogP contribution in [0.25, 0.3) is 0 Å². The lowest BCUT2D eigenvalue weighted by Crippen LogP contribution is -2.43. The van der Waals surface area contributed by atoms with E-state index in [0.29, 0.717) is 0 Å². The number of hydrogen-bond acceptors (Lipinski definition) is 6. The third kappa shape index (κ3) is 4.75. The van der Waals surface area contributed by atoms with E-state index in [1.807, 2.05) is 0 Å². The molecule has 0 aromatic heterocycles. The number of halogens is 1. The summed E-state index contributed by atoms with van der Waals surface area (Å²) in [5.74, 6) is -1.24. The van der Waals surface area contributed by atoms with Gasteiger partial charge in [-0.05, 0) is 32.9 Å². The fourth-order valence-corrected chi connectivity index (χ4v) is 2.72. The molecule has 0 spiro atoms. The highest BCUT2D eigenvalue weighted by Gasteiger charge is 2.43. The molecule has 142 valence electrons.